The normalized spacial score (nSPS) is 18.7. The van der Waals surface area contributed by atoms with Gasteiger partial charge in [-0.2, -0.15) is 0 Å². The van der Waals surface area contributed by atoms with Crippen LogP contribution >= 0.6 is 0 Å². The summed E-state index contributed by atoms with van der Waals surface area (Å²) in [6.07, 6.45) is 4.35. The Labute approximate surface area is 222 Å². The van der Waals surface area contributed by atoms with E-state index in [9.17, 15) is 9.90 Å². The minimum Gasteiger partial charge on any atom is -0.496 e. The minimum atomic E-state index is -0.868. The second kappa shape index (κ2) is 11.6. The third-order valence-corrected chi connectivity index (χ3v) is 6.99. The van der Waals surface area contributed by atoms with Crippen molar-refractivity contribution in [3.05, 3.63) is 71.4 Å². The molecule has 1 aliphatic heterocycles. The first-order valence-corrected chi connectivity index (χ1v) is 12.9. The Bertz CT molecular complexity index is 1330. The third kappa shape index (κ3) is 5.61. The van der Waals surface area contributed by atoms with Gasteiger partial charge in [0.15, 0.2) is 0 Å². The molecule has 0 amide bonds. The zero-order chi connectivity index (χ0) is 26.5. The topological polar surface area (TPSA) is 87.1 Å². The maximum atomic E-state index is 11.2. The van der Waals surface area contributed by atoms with Crippen LogP contribution in [0.4, 0.5) is 0 Å². The standard InChI is InChI=1S/C31H31NO6/c1-3-4-21(17-30(33)34)20-5-8-23(9-6-20)37-27-12-11-26-25(27)10-13-28(35-2)31(26)22-7-14-29(32-18-22)38-24-15-16-36-19-24/h5-10,13-14,18,21,24,27H,11-12,15-17,19H2,1-2H3,(H,33,34)/t21-,24+,27+/m0/s1. The number of carboxylic acids is 1. The van der Waals surface area contributed by atoms with E-state index in [4.69, 9.17) is 18.9 Å². The Hall–Kier alpha value is -4.02. The van der Waals surface area contributed by atoms with Crippen molar-refractivity contribution >= 4 is 5.97 Å². The molecule has 5 rings (SSSR count). The molecule has 0 bridgehead atoms. The average molecular weight is 514 g/mol. The van der Waals surface area contributed by atoms with E-state index in [1.807, 2.05) is 48.7 Å². The number of carbonyl (C=O) groups is 1. The highest BCUT2D eigenvalue weighted by molar-refractivity contribution is 5.76. The molecule has 3 aromatic rings. The molecule has 0 unspecified atom stereocenters. The van der Waals surface area contributed by atoms with Gasteiger partial charge in [-0.3, -0.25) is 4.79 Å². The molecular weight excluding hydrogens is 482 g/mol. The van der Waals surface area contributed by atoms with Gasteiger partial charge in [-0.15, -0.1) is 5.92 Å². The van der Waals surface area contributed by atoms with Crippen LogP contribution in [0.1, 0.15) is 54.9 Å². The molecule has 2 aromatic carbocycles. The highest BCUT2D eigenvalue weighted by Crippen LogP contribution is 2.44. The second-order valence-corrected chi connectivity index (χ2v) is 9.46. The number of fused-ring (bicyclic) bond motifs is 1. The van der Waals surface area contributed by atoms with Gasteiger partial charge in [0.25, 0.3) is 0 Å². The van der Waals surface area contributed by atoms with Crippen LogP contribution in [0.3, 0.4) is 0 Å². The lowest BCUT2D eigenvalue weighted by Crippen LogP contribution is -2.16. The summed E-state index contributed by atoms with van der Waals surface area (Å²) >= 11 is 0. The monoisotopic (exact) mass is 513 g/mol. The van der Waals surface area contributed by atoms with Gasteiger partial charge < -0.3 is 24.1 Å². The Morgan fingerprint density at radius 1 is 1.13 bits per heavy atom. The Balaban J connectivity index is 1.35. The van der Waals surface area contributed by atoms with Crippen molar-refractivity contribution in [1.82, 2.24) is 4.98 Å². The van der Waals surface area contributed by atoms with Crippen LogP contribution in [0.15, 0.2) is 54.7 Å². The zero-order valence-electron chi connectivity index (χ0n) is 21.6. The fourth-order valence-corrected chi connectivity index (χ4v) is 5.17. The molecular formula is C31H31NO6. The van der Waals surface area contributed by atoms with Gasteiger partial charge in [-0.05, 0) is 60.7 Å². The quantitative estimate of drug-likeness (QED) is 0.374. The Kier molecular flexibility index (Phi) is 7.81. The van der Waals surface area contributed by atoms with Gasteiger partial charge in [0.05, 0.1) is 32.7 Å². The van der Waals surface area contributed by atoms with Crippen molar-refractivity contribution in [3.63, 3.8) is 0 Å². The fraction of sp³-hybridized carbons (Fsp3) is 0.355. The number of pyridine rings is 1. The lowest BCUT2D eigenvalue weighted by atomic mass is 9.96. The molecule has 1 fully saturated rings. The zero-order valence-corrected chi connectivity index (χ0v) is 21.6. The van der Waals surface area contributed by atoms with Gasteiger partial charge >= 0.3 is 5.97 Å². The molecule has 38 heavy (non-hydrogen) atoms. The summed E-state index contributed by atoms with van der Waals surface area (Å²) in [4.78, 5) is 15.8. The van der Waals surface area contributed by atoms with Crippen LogP contribution < -0.4 is 14.2 Å². The van der Waals surface area contributed by atoms with Crippen molar-refractivity contribution in [2.45, 2.75) is 50.7 Å². The highest BCUT2D eigenvalue weighted by Gasteiger charge is 2.29. The number of hydrogen-bond acceptors (Lipinski definition) is 6. The summed E-state index contributed by atoms with van der Waals surface area (Å²) < 4.78 is 23.4. The number of rotatable bonds is 9. The Morgan fingerprint density at radius 2 is 1.97 bits per heavy atom. The average Bonchev–Trinajstić information content (AvgIpc) is 3.59. The summed E-state index contributed by atoms with van der Waals surface area (Å²) in [6, 6.07) is 15.6. The highest BCUT2D eigenvalue weighted by atomic mass is 16.5. The van der Waals surface area contributed by atoms with Crippen LogP contribution in [0.2, 0.25) is 0 Å². The summed E-state index contributed by atoms with van der Waals surface area (Å²) in [5, 5.41) is 9.21. The van der Waals surface area contributed by atoms with E-state index in [1.54, 1.807) is 14.0 Å². The predicted molar refractivity (Wildman–Crippen MR) is 143 cm³/mol. The maximum absolute atomic E-state index is 11.2. The van der Waals surface area contributed by atoms with Gasteiger partial charge in [-0.1, -0.05) is 24.1 Å². The van der Waals surface area contributed by atoms with Crippen molar-refractivity contribution in [1.29, 1.82) is 0 Å². The SMILES string of the molecule is CC#C[C@@H](CC(=O)O)c1ccc(O[C@@H]2CCc3c2ccc(OC)c3-c2ccc(O[C@@H]3CCOC3)nc2)cc1. The number of carboxylic acid groups (broad SMARTS) is 1. The molecule has 0 spiro atoms. The van der Waals surface area contributed by atoms with Crippen LogP contribution in [-0.4, -0.2) is 42.5 Å². The van der Waals surface area contributed by atoms with Gasteiger partial charge in [-0.25, -0.2) is 4.98 Å². The fourth-order valence-electron chi connectivity index (χ4n) is 5.17. The summed E-state index contributed by atoms with van der Waals surface area (Å²) in [6.45, 7) is 3.04. The first kappa shape index (κ1) is 25.6. The number of ether oxygens (including phenoxy) is 4. The first-order valence-electron chi connectivity index (χ1n) is 12.9. The molecule has 2 heterocycles. The van der Waals surface area contributed by atoms with Crippen LogP contribution in [0, 0.1) is 11.8 Å². The van der Waals surface area contributed by atoms with E-state index in [1.165, 1.54) is 5.56 Å². The van der Waals surface area contributed by atoms with E-state index in [2.05, 4.69) is 22.9 Å². The van der Waals surface area contributed by atoms with E-state index in [-0.39, 0.29) is 24.5 Å². The van der Waals surface area contributed by atoms with Crippen LogP contribution in [-0.2, 0) is 16.0 Å². The number of aromatic nitrogens is 1. The van der Waals surface area contributed by atoms with Gasteiger partial charge in [0.1, 0.15) is 23.7 Å². The van der Waals surface area contributed by atoms with Crippen molar-refractivity contribution in [3.8, 4) is 40.3 Å². The molecule has 1 aromatic heterocycles. The van der Waals surface area contributed by atoms with Gasteiger partial charge in [0.2, 0.25) is 5.88 Å². The first-order chi connectivity index (χ1) is 18.6. The summed E-state index contributed by atoms with van der Waals surface area (Å²) in [7, 11) is 1.68. The minimum absolute atomic E-state index is 0.0292. The number of nitrogens with zero attached hydrogens (tertiary/aromatic N) is 1. The van der Waals surface area contributed by atoms with E-state index >= 15 is 0 Å². The molecule has 1 saturated heterocycles. The molecule has 1 aliphatic carbocycles. The largest absolute Gasteiger partial charge is 0.496 e. The van der Waals surface area contributed by atoms with Crippen LogP contribution in [0.5, 0.6) is 17.4 Å². The molecule has 7 nitrogen and oxygen atoms in total. The van der Waals surface area contributed by atoms with Crippen LogP contribution in [0.25, 0.3) is 11.1 Å². The molecule has 7 heteroatoms. The molecule has 196 valence electrons. The second-order valence-electron chi connectivity index (χ2n) is 9.46. The van der Waals surface area contributed by atoms with Crippen molar-refractivity contribution < 1.29 is 28.8 Å². The molecule has 0 radical (unpaired) electrons. The number of aliphatic carboxylic acids is 1. The lowest BCUT2D eigenvalue weighted by molar-refractivity contribution is -0.137. The molecule has 1 N–H and O–H groups in total. The number of methoxy groups -OCH3 is 1. The van der Waals surface area contributed by atoms with Crippen molar-refractivity contribution in [2.24, 2.45) is 0 Å². The maximum Gasteiger partial charge on any atom is 0.304 e. The summed E-state index contributed by atoms with van der Waals surface area (Å²) in [5.74, 6) is 6.74. The molecule has 3 atom stereocenters. The summed E-state index contributed by atoms with van der Waals surface area (Å²) in [5.41, 5.74) is 5.21. The van der Waals surface area contributed by atoms with Crippen molar-refractivity contribution in [2.75, 3.05) is 20.3 Å². The molecule has 2 aliphatic rings. The predicted octanol–water partition coefficient (Wildman–Crippen LogP) is 5.57. The lowest BCUT2D eigenvalue weighted by Gasteiger charge is -2.18. The Morgan fingerprint density at radius 3 is 2.63 bits per heavy atom. The molecule has 0 saturated carbocycles. The number of benzene rings is 2. The van der Waals surface area contributed by atoms with E-state index in [0.29, 0.717) is 12.5 Å². The van der Waals surface area contributed by atoms with E-state index < -0.39 is 5.97 Å². The third-order valence-electron chi connectivity index (χ3n) is 6.99. The van der Waals surface area contributed by atoms with Gasteiger partial charge in [0, 0.05) is 29.8 Å². The van der Waals surface area contributed by atoms with E-state index in [0.717, 1.165) is 59.6 Å². The smallest absolute Gasteiger partial charge is 0.304 e. The number of hydrogen-bond donors (Lipinski definition) is 1.